The molecule has 1 heterocycles. The van der Waals surface area contributed by atoms with Gasteiger partial charge in [0.2, 0.25) is 5.91 Å². The molecule has 6 nitrogen and oxygen atoms in total. The number of benzene rings is 2. The van der Waals surface area contributed by atoms with E-state index in [0.717, 1.165) is 74.2 Å². The molecule has 3 aromatic rings. The number of aryl methyl sites for hydroxylation is 2. The lowest BCUT2D eigenvalue weighted by molar-refractivity contribution is -0.119. The van der Waals surface area contributed by atoms with Crippen LogP contribution in [0.4, 0.5) is 0 Å². The van der Waals surface area contributed by atoms with Crippen LogP contribution in [0, 0.1) is 17.2 Å². The van der Waals surface area contributed by atoms with Gasteiger partial charge < -0.3 is 20.2 Å². The van der Waals surface area contributed by atoms with E-state index in [1.54, 1.807) is 6.92 Å². The number of nitrogen functional groups attached to an aromatic ring is 1. The number of hydrogen-bond donors (Lipinski definition) is 3. The average Bonchev–Trinajstić information content (AvgIpc) is 3.23. The number of carbonyl (C=O) groups excluding carboxylic acids is 1. The number of rotatable bonds is 9. The highest BCUT2D eigenvalue weighted by molar-refractivity contribution is 5.98. The Bertz CT molecular complexity index is 1100. The highest BCUT2D eigenvalue weighted by atomic mass is 16.5. The molecule has 1 aliphatic rings. The number of hydrogen-bond acceptors (Lipinski definition) is 4. The van der Waals surface area contributed by atoms with Gasteiger partial charge in [-0.15, -0.1) is 0 Å². The Morgan fingerprint density at radius 1 is 1.06 bits per heavy atom. The molecule has 33 heavy (non-hydrogen) atoms. The molecule has 0 bridgehead atoms. The number of fused-ring (bicyclic) bond motifs is 1. The molecule has 0 aliphatic heterocycles. The number of nitrogens with one attached hydrogen (secondary N) is 2. The van der Waals surface area contributed by atoms with Crippen molar-refractivity contribution in [2.75, 3.05) is 13.2 Å². The van der Waals surface area contributed by atoms with E-state index >= 15 is 0 Å². The van der Waals surface area contributed by atoms with Crippen molar-refractivity contribution in [3.05, 3.63) is 65.4 Å². The first-order valence-electron chi connectivity index (χ1n) is 11.8. The second-order valence-electron chi connectivity index (χ2n) is 9.16. The molecule has 0 atom stereocenters. The Balaban J connectivity index is 1.22. The fraction of sp³-hybridized carbons (Fsp3) is 0.407. The van der Waals surface area contributed by atoms with Crippen LogP contribution in [-0.4, -0.2) is 24.9 Å². The van der Waals surface area contributed by atoms with E-state index in [1.165, 1.54) is 5.56 Å². The van der Waals surface area contributed by atoms with E-state index < -0.39 is 0 Å². The van der Waals surface area contributed by atoms with Crippen LogP contribution in [0.1, 0.15) is 49.5 Å². The number of nitrogens with two attached hydrogens (primary N) is 1. The Hall–Kier alpha value is -3.28. The normalized spacial score (nSPS) is 18.2. The maximum absolute atomic E-state index is 11.1. The van der Waals surface area contributed by atoms with Crippen molar-refractivity contribution in [1.29, 1.82) is 5.41 Å². The van der Waals surface area contributed by atoms with Gasteiger partial charge in [0.1, 0.15) is 22.9 Å². The number of amidine groups is 1. The van der Waals surface area contributed by atoms with Crippen LogP contribution in [0.15, 0.2) is 52.9 Å². The minimum absolute atomic E-state index is 0.0600. The lowest BCUT2D eigenvalue weighted by atomic mass is 9.82. The lowest BCUT2D eigenvalue weighted by Crippen LogP contribution is -2.30. The summed E-state index contributed by atoms with van der Waals surface area (Å²) in [6, 6.07) is 16.0. The number of furan rings is 1. The molecule has 1 aromatic heterocycles. The minimum Gasteiger partial charge on any atom is -0.493 e. The first-order chi connectivity index (χ1) is 16.0. The second kappa shape index (κ2) is 10.6. The number of ether oxygens (including phenoxy) is 1. The largest absolute Gasteiger partial charge is 0.493 e. The summed E-state index contributed by atoms with van der Waals surface area (Å²) in [6.07, 6.45) is 6.34. The van der Waals surface area contributed by atoms with Crippen LogP contribution in [0.5, 0.6) is 5.75 Å². The third kappa shape index (κ3) is 6.37. The van der Waals surface area contributed by atoms with E-state index in [0.29, 0.717) is 17.4 Å². The van der Waals surface area contributed by atoms with Crippen LogP contribution in [0.3, 0.4) is 0 Å². The molecule has 4 N–H and O–H groups in total. The molecule has 1 fully saturated rings. The third-order valence-electron chi connectivity index (χ3n) is 6.55. The summed E-state index contributed by atoms with van der Waals surface area (Å²) < 4.78 is 12.0. The summed E-state index contributed by atoms with van der Waals surface area (Å²) >= 11 is 0. The SMILES string of the molecule is CC(=O)NCC1CCC(COc2ccc(CCc3cc4cc(C(=N)N)ccc4o3)cc2)CC1. The van der Waals surface area contributed by atoms with E-state index in [-0.39, 0.29) is 11.7 Å². The van der Waals surface area contributed by atoms with Gasteiger partial charge in [0.15, 0.2) is 0 Å². The fourth-order valence-electron chi connectivity index (χ4n) is 4.51. The van der Waals surface area contributed by atoms with Gasteiger partial charge in [0, 0.05) is 30.8 Å². The Morgan fingerprint density at radius 3 is 2.48 bits per heavy atom. The molecule has 174 valence electrons. The molecular weight excluding hydrogens is 414 g/mol. The van der Waals surface area contributed by atoms with Crippen molar-refractivity contribution in [3.63, 3.8) is 0 Å². The average molecular weight is 448 g/mol. The quantitative estimate of drug-likeness (QED) is 0.323. The summed E-state index contributed by atoms with van der Waals surface area (Å²) in [7, 11) is 0. The summed E-state index contributed by atoms with van der Waals surface area (Å²) in [5.41, 5.74) is 8.35. The first kappa shape index (κ1) is 22.9. The lowest BCUT2D eigenvalue weighted by Gasteiger charge is -2.28. The predicted octanol–water partition coefficient (Wildman–Crippen LogP) is 4.82. The van der Waals surface area contributed by atoms with Crippen LogP contribution in [-0.2, 0) is 17.6 Å². The number of amides is 1. The Labute approximate surface area is 195 Å². The highest BCUT2D eigenvalue weighted by Crippen LogP contribution is 2.29. The monoisotopic (exact) mass is 447 g/mol. The molecule has 1 saturated carbocycles. The van der Waals surface area contributed by atoms with Crippen molar-refractivity contribution in [1.82, 2.24) is 5.32 Å². The van der Waals surface area contributed by atoms with Crippen LogP contribution in [0.25, 0.3) is 11.0 Å². The maximum Gasteiger partial charge on any atom is 0.216 e. The summed E-state index contributed by atoms with van der Waals surface area (Å²) in [6.45, 7) is 3.14. The second-order valence-corrected chi connectivity index (χ2v) is 9.16. The van der Waals surface area contributed by atoms with E-state index in [2.05, 4.69) is 29.6 Å². The zero-order valence-corrected chi connectivity index (χ0v) is 19.2. The Kier molecular flexibility index (Phi) is 7.33. The molecule has 1 amide bonds. The zero-order chi connectivity index (χ0) is 23.2. The van der Waals surface area contributed by atoms with Crippen molar-refractivity contribution < 1.29 is 13.9 Å². The first-order valence-corrected chi connectivity index (χ1v) is 11.8. The van der Waals surface area contributed by atoms with Gasteiger partial charge in [-0.1, -0.05) is 12.1 Å². The van der Waals surface area contributed by atoms with Gasteiger partial charge in [-0.05, 0) is 85.9 Å². The Morgan fingerprint density at radius 2 is 1.79 bits per heavy atom. The smallest absolute Gasteiger partial charge is 0.216 e. The topological polar surface area (TPSA) is 101 Å². The molecule has 0 saturated heterocycles. The van der Waals surface area contributed by atoms with Gasteiger partial charge >= 0.3 is 0 Å². The summed E-state index contributed by atoms with van der Waals surface area (Å²) in [5, 5.41) is 11.5. The molecule has 0 unspecified atom stereocenters. The molecule has 6 heteroatoms. The van der Waals surface area contributed by atoms with E-state index in [9.17, 15) is 4.79 Å². The van der Waals surface area contributed by atoms with Gasteiger partial charge in [-0.25, -0.2) is 0 Å². The van der Waals surface area contributed by atoms with E-state index in [1.807, 2.05) is 24.3 Å². The van der Waals surface area contributed by atoms with Crippen LogP contribution < -0.4 is 15.8 Å². The molecule has 4 rings (SSSR count). The maximum atomic E-state index is 11.1. The third-order valence-corrected chi connectivity index (χ3v) is 6.55. The molecule has 2 aromatic carbocycles. The predicted molar refractivity (Wildman–Crippen MR) is 131 cm³/mol. The van der Waals surface area contributed by atoms with Crippen molar-refractivity contribution in [3.8, 4) is 5.75 Å². The standard InChI is InChI=1S/C27H33N3O3/c1-18(31)30-16-20-2-4-21(5-3-20)17-32-24-10-6-19(7-11-24)8-12-25-15-23-14-22(27(28)29)9-13-26(23)33-25/h6-7,9-11,13-15,20-21H,2-5,8,12,16-17H2,1H3,(H3,28,29)(H,30,31). The molecule has 0 spiro atoms. The van der Waals surface area contributed by atoms with Gasteiger partial charge in [0.25, 0.3) is 0 Å². The summed E-state index contributed by atoms with van der Waals surface area (Å²) in [5.74, 6) is 3.17. The minimum atomic E-state index is 0.0600. The van der Waals surface area contributed by atoms with Gasteiger partial charge in [0.05, 0.1) is 6.61 Å². The zero-order valence-electron chi connectivity index (χ0n) is 19.2. The summed E-state index contributed by atoms with van der Waals surface area (Å²) in [4.78, 5) is 11.1. The van der Waals surface area contributed by atoms with Crippen LogP contribution >= 0.6 is 0 Å². The van der Waals surface area contributed by atoms with Crippen molar-refractivity contribution in [2.24, 2.45) is 17.6 Å². The number of carbonyl (C=O) groups is 1. The van der Waals surface area contributed by atoms with Crippen molar-refractivity contribution in [2.45, 2.75) is 45.4 Å². The van der Waals surface area contributed by atoms with Crippen molar-refractivity contribution >= 4 is 22.7 Å². The molecular formula is C27H33N3O3. The molecule has 0 radical (unpaired) electrons. The van der Waals surface area contributed by atoms with E-state index in [4.69, 9.17) is 20.3 Å². The van der Waals surface area contributed by atoms with Gasteiger partial charge in [-0.3, -0.25) is 10.2 Å². The van der Waals surface area contributed by atoms with Gasteiger partial charge in [-0.2, -0.15) is 0 Å². The van der Waals surface area contributed by atoms with Crippen LogP contribution in [0.2, 0.25) is 0 Å². The fourth-order valence-corrected chi connectivity index (χ4v) is 4.51. The highest BCUT2D eigenvalue weighted by Gasteiger charge is 2.21. The molecule has 1 aliphatic carbocycles.